The summed E-state index contributed by atoms with van der Waals surface area (Å²) in [5.74, 6) is -0.558. The summed E-state index contributed by atoms with van der Waals surface area (Å²) < 4.78 is 33.6. The standard InChI is InChI=1S/C26H27Cl2N3O5S/c1-18(26(33)29-2)30(16-22-23(27)10-7-11-24(22)28)25(32)17-31(19-8-5-4-6-9-19)37(34,35)21-14-12-20(36-3)13-15-21/h4-15,18H,16-17H2,1-3H3,(H,29,33)/t18-/m0/s1. The van der Waals surface area contributed by atoms with Gasteiger partial charge in [0.2, 0.25) is 11.8 Å². The van der Waals surface area contributed by atoms with Gasteiger partial charge in [-0.25, -0.2) is 8.42 Å². The van der Waals surface area contributed by atoms with E-state index in [0.717, 1.165) is 4.31 Å². The average Bonchev–Trinajstić information content (AvgIpc) is 2.91. The van der Waals surface area contributed by atoms with Crippen LogP contribution < -0.4 is 14.4 Å². The number of nitrogens with one attached hydrogen (secondary N) is 1. The Hall–Kier alpha value is -3.27. The SMILES string of the molecule is CNC(=O)[C@H](C)N(Cc1c(Cl)cccc1Cl)C(=O)CN(c1ccccc1)S(=O)(=O)c1ccc(OC)cc1. The number of nitrogens with zero attached hydrogens (tertiary/aromatic N) is 2. The zero-order valence-corrected chi connectivity index (χ0v) is 22.8. The van der Waals surface area contributed by atoms with E-state index in [-0.39, 0.29) is 17.1 Å². The van der Waals surface area contributed by atoms with E-state index in [4.69, 9.17) is 27.9 Å². The maximum atomic E-state index is 13.7. The number of hydrogen-bond acceptors (Lipinski definition) is 5. The van der Waals surface area contributed by atoms with E-state index in [9.17, 15) is 18.0 Å². The van der Waals surface area contributed by atoms with Crippen LogP contribution in [0.2, 0.25) is 10.0 Å². The van der Waals surface area contributed by atoms with Crippen LogP contribution in [0, 0.1) is 0 Å². The maximum absolute atomic E-state index is 13.7. The summed E-state index contributed by atoms with van der Waals surface area (Å²) >= 11 is 12.7. The highest BCUT2D eigenvalue weighted by Gasteiger charge is 2.32. The van der Waals surface area contributed by atoms with Gasteiger partial charge in [0.25, 0.3) is 10.0 Å². The summed E-state index contributed by atoms with van der Waals surface area (Å²) in [6.07, 6.45) is 0. The number of benzene rings is 3. The predicted octanol–water partition coefficient (Wildman–Crippen LogP) is 4.36. The lowest BCUT2D eigenvalue weighted by Gasteiger charge is -2.32. The molecular formula is C26H27Cl2N3O5S. The number of ether oxygens (including phenoxy) is 1. The molecule has 0 aliphatic carbocycles. The summed E-state index contributed by atoms with van der Waals surface area (Å²) in [6.45, 7) is 0.880. The molecule has 0 aliphatic rings. The fourth-order valence-electron chi connectivity index (χ4n) is 3.64. The summed E-state index contributed by atoms with van der Waals surface area (Å²) in [7, 11) is -1.24. The molecule has 11 heteroatoms. The van der Waals surface area contributed by atoms with Crippen LogP contribution in [0.1, 0.15) is 12.5 Å². The Morgan fingerprint density at radius 2 is 1.54 bits per heavy atom. The molecule has 8 nitrogen and oxygen atoms in total. The Morgan fingerprint density at radius 3 is 2.08 bits per heavy atom. The Labute approximate surface area is 226 Å². The van der Waals surface area contributed by atoms with E-state index in [2.05, 4.69) is 5.32 Å². The molecule has 0 fully saturated rings. The smallest absolute Gasteiger partial charge is 0.264 e. The minimum absolute atomic E-state index is 0.0231. The van der Waals surface area contributed by atoms with Crippen LogP contribution in [-0.2, 0) is 26.2 Å². The number of anilines is 1. The number of halogens is 2. The highest BCUT2D eigenvalue weighted by Crippen LogP contribution is 2.28. The van der Waals surface area contributed by atoms with Gasteiger partial charge in [0.1, 0.15) is 18.3 Å². The molecule has 0 radical (unpaired) electrons. The maximum Gasteiger partial charge on any atom is 0.264 e. The summed E-state index contributed by atoms with van der Waals surface area (Å²) in [5.41, 5.74) is 0.731. The molecule has 0 saturated carbocycles. The molecule has 3 aromatic carbocycles. The largest absolute Gasteiger partial charge is 0.497 e. The molecule has 196 valence electrons. The molecule has 37 heavy (non-hydrogen) atoms. The van der Waals surface area contributed by atoms with Gasteiger partial charge in [0, 0.05) is 29.2 Å². The second-order valence-corrected chi connectivity index (χ2v) is 10.7. The van der Waals surface area contributed by atoms with Crippen LogP contribution in [0.3, 0.4) is 0 Å². The van der Waals surface area contributed by atoms with Gasteiger partial charge >= 0.3 is 0 Å². The lowest BCUT2D eigenvalue weighted by molar-refractivity contribution is -0.139. The molecule has 0 bridgehead atoms. The van der Waals surface area contributed by atoms with Crippen LogP contribution >= 0.6 is 23.2 Å². The molecule has 1 atom stereocenters. The molecule has 0 aromatic heterocycles. The normalized spacial score (nSPS) is 11.9. The first-order valence-electron chi connectivity index (χ1n) is 11.3. The van der Waals surface area contributed by atoms with Crippen molar-refractivity contribution < 1.29 is 22.7 Å². The van der Waals surface area contributed by atoms with Crippen molar-refractivity contribution >= 4 is 50.7 Å². The van der Waals surface area contributed by atoms with Gasteiger partial charge in [-0.3, -0.25) is 13.9 Å². The molecule has 3 rings (SSSR count). The Morgan fingerprint density at radius 1 is 0.946 bits per heavy atom. The van der Waals surface area contributed by atoms with Crippen molar-refractivity contribution in [3.8, 4) is 5.75 Å². The Balaban J connectivity index is 2.04. The Kier molecular flexibility index (Phi) is 9.42. The number of para-hydroxylation sites is 1. The number of carbonyl (C=O) groups is 2. The molecule has 2 amide bonds. The van der Waals surface area contributed by atoms with E-state index in [1.165, 1.54) is 43.3 Å². The number of rotatable bonds is 10. The summed E-state index contributed by atoms with van der Waals surface area (Å²) in [6, 6.07) is 18.1. The number of amides is 2. The zero-order chi connectivity index (χ0) is 27.2. The highest BCUT2D eigenvalue weighted by molar-refractivity contribution is 7.92. The third-order valence-electron chi connectivity index (χ3n) is 5.77. The minimum Gasteiger partial charge on any atom is -0.497 e. The third-order valence-corrected chi connectivity index (χ3v) is 8.27. The van der Waals surface area contributed by atoms with Crippen molar-refractivity contribution in [2.24, 2.45) is 0 Å². The fraction of sp³-hybridized carbons (Fsp3) is 0.231. The van der Waals surface area contributed by atoms with Crippen molar-refractivity contribution in [1.29, 1.82) is 0 Å². The number of carbonyl (C=O) groups excluding carboxylic acids is 2. The Bertz CT molecular complexity index is 1330. The lowest BCUT2D eigenvalue weighted by Crippen LogP contribution is -2.50. The quantitative estimate of drug-likeness (QED) is 0.395. The van der Waals surface area contributed by atoms with Gasteiger partial charge < -0.3 is 15.0 Å². The molecule has 3 aromatic rings. The van der Waals surface area contributed by atoms with Crippen molar-refractivity contribution in [2.75, 3.05) is 25.0 Å². The van der Waals surface area contributed by atoms with Crippen molar-refractivity contribution in [1.82, 2.24) is 10.2 Å². The topological polar surface area (TPSA) is 96.0 Å². The van der Waals surface area contributed by atoms with Crippen LogP contribution in [0.25, 0.3) is 0 Å². The minimum atomic E-state index is -4.17. The predicted molar refractivity (Wildman–Crippen MR) is 145 cm³/mol. The number of sulfonamides is 1. The zero-order valence-electron chi connectivity index (χ0n) is 20.5. The number of likely N-dealkylation sites (N-methyl/N-ethyl adjacent to an activating group) is 1. The fourth-order valence-corrected chi connectivity index (χ4v) is 5.57. The van der Waals surface area contributed by atoms with Crippen LogP contribution in [-0.4, -0.2) is 51.9 Å². The molecule has 0 spiro atoms. The van der Waals surface area contributed by atoms with E-state index < -0.39 is 34.4 Å². The molecule has 0 heterocycles. The van der Waals surface area contributed by atoms with Crippen LogP contribution in [0.4, 0.5) is 5.69 Å². The average molecular weight is 564 g/mol. The van der Waals surface area contributed by atoms with E-state index in [1.54, 1.807) is 55.5 Å². The van der Waals surface area contributed by atoms with Gasteiger partial charge in [-0.05, 0) is 55.5 Å². The van der Waals surface area contributed by atoms with Crippen LogP contribution in [0.5, 0.6) is 5.75 Å². The van der Waals surface area contributed by atoms with E-state index >= 15 is 0 Å². The first-order chi connectivity index (χ1) is 17.6. The summed E-state index contributed by atoms with van der Waals surface area (Å²) in [4.78, 5) is 27.5. The van der Waals surface area contributed by atoms with Crippen molar-refractivity contribution in [2.45, 2.75) is 24.4 Å². The second kappa shape index (κ2) is 12.3. The first-order valence-corrected chi connectivity index (χ1v) is 13.5. The molecule has 0 saturated heterocycles. The third kappa shape index (κ3) is 6.54. The summed E-state index contributed by atoms with van der Waals surface area (Å²) in [5, 5.41) is 3.16. The van der Waals surface area contributed by atoms with Crippen molar-refractivity contribution in [3.05, 3.63) is 88.4 Å². The van der Waals surface area contributed by atoms with Gasteiger partial charge in [-0.1, -0.05) is 47.5 Å². The van der Waals surface area contributed by atoms with Gasteiger partial charge in [0.05, 0.1) is 17.7 Å². The molecule has 1 N–H and O–H groups in total. The first kappa shape index (κ1) is 28.3. The second-order valence-electron chi connectivity index (χ2n) is 8.03. The van der Waals surface area contributed by atoms with Gasteiger partial charge in [-0.15, -0.1) is 0 Å². The lowest BCUT2D eigenvalue weighted by atomic mass is 10.1. The molecular weight excluding hydrogens is 537 g/mol. The van der Waals surface area contributed by atoms with Gasteiger partial charge in [0.15, 0.2) is 0 Å². The highest BCUT2D eigenvalue weighted by atomic mass is 35.5. The van der Waals surface area contributed by atoms with Crippen molar-refractivity contribution in [3.63, 3.8) is 0 Å². The molecule has 0 unspecified atom stereocenters. The number of hydrogen-bond donors (Lipinski definition) is 1. The van der Waals surface area contributed by atoms with Crippen LogP contribution in [0.15, 0.2) is 77.7 Å². The monoisotopic (exact) mass is 563 g/mol. The number of methoxy groups -OCH3 is 1. The van der Waals surface area contributed by atoms with E-state index in [1.807, 2.05) is 0 Å². The van der Waals surface area contributed by atoms with Gasteiger partial charge in [-0.2, -0.15) is 0 Å². The van der Waals surface area contributed by atoms with E-state index in [0.29, 0.717) is 21.4 Å². The molecule has 0 aliphatic heterocycles.